The first kappa shape index (κ1) is 33.9. The third kappa shape index (κ3) is 8.72. The van der Waals surface area contributed by atoms with E-state index < -0.39 is 29.9 Å². The van der Waals surface area contributed by atoms with Crippen LogP contribution in [0.5, 0.6) is 5.75 Å². The minimum Gasteiger partial charge on any atom is -0.477 e. The SMILES string of the molecule is CCOC(=O)C(C)Oc1cccc2c(C(CC)N(CC(OC(C)(CC)CC)c3cccnc3)C(=O)OC(C)(C)C)c[nH]c12. The Morgan fingerprint density at radius 3 is 2.33 bits per heavy atom. The molecule has 0 aliphatic rings. The molecule has 43 heavy (non-hydrogen) atoms. The number of nitrogens with one attached hydrogen (secondary N) is 1. The number of pyridine rings is 1. The Bertz CT molecular complexity index is 1330. The Balaban J connectivity index is 2.08. The van der Waals surface area contributed by atoms with Gasteiger partial charge in [0.15, 0.2) is 6.10 Å². The molecule has 0 spiro atoms. The molecule has 3 unspecified atom stereocenters. The van der Waals surface area contributed by atoms with Crippen molar-refractivity contribution < 1.29 is 28.5 Å². The van der Waals surface area contributed by atoms with Crippen LogP contribution < -0.4 is 4.74 Å². The van der Waals surface area contributed by atoms with E-state index in [9.17, 15) is 9.59 Å². The molecule has 9 nitrogen and oxygen atoms in total. The van der Waals surface area contributed by atoms with E-state index in [4.69, 9.17) is 18.9 Å². The Hall–Kier alpha value is -3.59. The molecule has 1 amide bonds. The van der Waals surface area contributed by atoms with Crippen molar-refractivity contribution in [3.8, 4) is 5.75 Å². The van der Waals surface area contributed by atoms with E-state index in [1.54, 1.807) is 31.1 Å². The predicted molar refractivity (Wildman–Crippen MR) is 168 cm³/mol. The van der Waals surface area contributed by atoms with Gasteiger partial charge in [0.2, 0.25) is 0 Å². The maximum absolute atomic E-state index is 14.0. The molecule has 0 radical (unpaired) electrons. The predicted octanol–water partition coefficient (Wildman–Crippen LogP) is 7.92. The van der Waals surface area contributed by atoms with Crippen molar-refractivity contribution >= 4 is 23.0 Å². The van der Waals surface area contributed by atoms with Crippen LogP contribution in [0, 0.1) is 0 Å². The second-order valence-corrected chi connectivity index (χ2v) is 12.0. The van der Waals surface area contributed by atoms with Gasteiger partial charge in [-0.1, -0.05) is 39.0 Å². The highest BCUT2D eigenvalue weighted by molar-refractivity contribution is 5.89. The zero-order valence-corrected chi connectivity index (χ0v) is 27.2. The summed E-state index contributed by atoms with van der Waals surface area (Å²) in [7, 11) is 0. The van der Waals surface area contributed by atoms with Crippen LogP contribution in [0.1, 0.15) is 105 Å². The van der Waals surface area contributed by atoms with Crippen molar-refractivity contribution in [3.63, 3.8) is 0 Å². The first-order chi connectivity index (χ1) is 20.4. The largest absolute Gasteiger partial charge is 0.477 e. The van der Waals surface area contributed by atoms with Crippen molar-refractivity contribution in [2.24, 2.45) is 0 Å². The van der Waals surface area contributed by atoms with Crippen molar-refractivity contribution in [2.45, 2.75) is 111 Å². The first-order valence-electron chi connectivity index (χ1n) is 15.4. The minimum atomic E-state index is -0.777. The van der Waals surface area contributed by atoms with Crippen LogP contribution in [0.2, 0.25) is 0 Å². The van der Waals surface area contributed by atoms with Crippen LogP contribution >= 0.6 is 0 Å². The number of ether oxygens (including phenoxy) is 4. The molecule has 0 fully saturated rings. The molecular weight excluding hydrogens is 546 g/mol. The molecule has 236 valence electrons. The van der Waals surface area contributed by atoms with Gasteiger partial charge in [-0.25, -0.2) is 9.59 Å². The van der Waals surface area contributed by atoms with E-state index in [1.165, 1.54) is 0 Å². The van der Waals surface area contributed by atoms with Crippen molar-refractivity contribution in [2.75, 3.05) is 13.2 Å². The highest BCUT2D eigenvalue weighted by Crippen LogP contribution is 2.38. The summed E-state index contributed by atoms with van der Waals surface area (Å²) in [6.07, 6.45) is 6.05. The number of hydrogen-bond donors (Lipinski definition) is 1. The standard InChI is InChI=1S/C34H49N3O6/c1-10-27(26-21-36-30-25(26)17-14-18-28(30)41-23(5)31(38)40-13-4)37(32(39)43-33(6,7)8)22-29(24-16-15-19-35-20-24)42-34(9,11-2)12-3/h14-21,23,27,29,36H,10-13,22H2,1-9H3. The van der Waals surface area contributed by atoms with E-state index in [0.29, 0.717) is 12.2 Å². The van der Waals surface area contributed by atoms with Crippen molar-refractivity contribution in [1.29, 1.82) is 0 Å². The molecule has 3 rings (SSSR count). The van der Waals surface area contributed by atoms with Crippen LogP contribution in [-0.2, 0) is 19.0 Å². The van der Waals surface area contributed by atoms with Gasteiger partial charge in [0.1, 0.15) is 17.5 Å². The molecule has 0 saturated heterocycles. The molecule has 1 aromatic carbocycles. The number of aromatic nitrogens is 2. The number of rotatable bonds is 14. The number of hydrogen-bond acceptors (Lipinski definition) is 7. The number of carbonyl (C=O) groups is 2. The molecule has 1 N–H and O–H groups in total. The molecule has 9 heteroatoms. The molecule has 2 aromatic heterocycles. The fourth-order valence-electron chi connectivity index (χ4n) is 4.99. The average Bonchev–Trinajstić information content (AvgIpc) is 3.41. The van der Waals surface area contributed by atoms with Crippen LogP contribution in [-0.4, -0.2) is 57.4 Å². The summed E-state index contributed by atoms with van der Waals surface area (Å²) in [5.74, 6) is 0.0997. The highest BCUT2D eigenvalue weighted by Gasteiger charge is 2.35. The van der Waals surface area contributed by atoms with Crippen LogP contribution in [0.4, 0.5) is 4.79 Å². The van der Waals surface area contributed by atoms with Gasteiger partial charge < -0.3 is 23.9 Å². The summed E-state index contributed by atoms with van der Waals surface area (Å²) in [5, 5.41) is 0.889. The number of aromatic amines is 1. The van der Waals surface area contributed by atoms with Crippen molar-refractivity contribution in [3.05, 3.63) is 60.0 Å². The molecule has 2 heterocycles. The molecule has 0 bridgehead atoms. The van der Waals surface area contributed by atoms with Gasteiger partial charge in [-0.3, -0.25) is 9.88 Å². The van der Waals surface area contributed by atoms with Gasteiger partial charge in [0, 0.05) is 35.1 Å². The van der Waals surface area contributed by atoms with E-state index in [-0.39, 0.29) is 24.8 Å². The summed E-state index contributed by atoms with van der Waals surface area (Å²) in [4.78, 5) is 35.7. The van der Waals surface area contributed by atoms with Crippen LogP contribution in [0.25, 0.3) is 10.9 Å². The van der Waals surface area contributed by atoms with Gasteiger partial charge in [0.25, 0.3) is 0 Å². The van der Waals surface area contributed by atoms with E-state index in [0.717, 1.165) is 34.9 Å². The van der Waals surface area contributed by atoms with Gasteiger partial charge >= 0.3 is 12.1 Å². The zero-order valence-electron chi connectivity index (χ0n) is 27.2. The molecule has 0 aliphatic carbocycles. The average molecular weight is 596 g/mol. The summed E-state index contributed by atoms with van der Waals surface area (Å²) < 4.78 is 23.9. The molecule has 0 aliphatic heterocycles. The lowest BCUT2D eigenvalue weighted by Gasteiger charge is -2.38. The number of amides is 1. The fourth-order valence-corrected chi connectivity index (χ4v) is 4.99. The van der Waals surface area contributed by atoms with Gasteiger partial charge in [0.05, 0.1) is 30.3 Å². The molecule has 3 aromatic rings. The third-order valence-electron chi connectivity index (χ3n) is 7.72. The highest BCUT2D eigenvalue weighted by atomic mass is 16.6. The van der Waals surface area contributed by atoms with Crippen LogP contribution in [0.3, 0.4) is 0 Å². The third-order valence-corrected chi connectivity index (χ3v) is 7.72. The number of benzene rings is 1. The summed E-state index contributed by atoms with van der Waals surface area (Å²) in [5.41, 5.74) is 1.47. The van der Waals surface area contributed by atoms with Gasteiger partial charge in [-0.05, 0) is 72.9 Å². The van der Waals surface area contributed by atoms with Crippen molar-refractivity contribution in [1.82, 2.24) is 14.9 Å². The van der Waals surface area contributed by atoms with Gasteiger partial charge in [-0.2, -0.15) is 0 Å². The second-order valence-electron chi connectivity index (χ2n) is 12.0. The zero-order chi connectivity index (χ0) is 31.8. The smallest absolute Gasteiger partial charge is 0.410 e. The number of H-pyrrole nitrogens is 1. The lowest BCUT2D eigenvalue weighted by molar-refractivity contribution is -0.150. The monoisotopic (exact) mass is 595 g/mol. The molecular formula is C34H49N3O6. The Labute approximate surface area is 256 Å². The van der Waals surface area contributed by atoms with Gasteiger partial charge in [-0.15, -0.1) is 0 Å². The van der Waals surface area contributed by atoms with Crippen LogP contribution in [0.15, 0.2) is 48.9 Å². The lowest BCUT2D eigenvalue weighted by atomic mass is 9.98. The van der Waals surface area contributed by atoms with E-state index in [2.05, 4.69) is 30.7 Å². The minimum absolute atomic E-state index is 0.261. The van der Waals surface area contributed by atoms with E-state index >= 15 is 0 Å². The lowest BCUT2D eigenvalue weighted by Crippen LogP contribution is -2.43. The molecule has 3 atom stereocenters. The number of para-hydroxylation sites is 1. The first-order valence-corrected chi connectivity index (χ1v) is 15.4. The Kier molecular flexibility index (Phi) is 11.6. The normalized spacial score (nSPS) is 14.2. The summed E-state index contributed by atoms with van der Waals surface area (Å²) in [6.45, 7) is 17.9. The Morgan fingerprint density at radius 1 is 1.02 bits per heavy atom. The number of nitrogens with zero attached hydrogens (tertiary/aromatic N) is 2. The maximum Gasteiger partial charge on any atom is 0.410 e. The maximum atomic E-state index is 14.0. The summed E-state index contributed by atoms with van der Waals surface area (Å²) >= 11 is 0. The summed E-state index contributed by atoms with van der Waals surface area (Å²) in [6, 6.07) is 9.20. The van der Waals surface area contributed by atoms with E-state index in [1.807, 2.05) is 64.2 Å². The number of carbonyl (C=O) groups excluding carboxylic acids is 2. The number of fused-ring (bicyclic) bond motifs is 1. The molecule has 0 saturated carbocycles. The quantitative estimate of drug-likeness (QED) is 0.189. The topological polar surface area (TPSA) is 103 Å². The Morgan fingerprint density at radius 2 is 1.74 bits per heavy atom. The second kappa shape index (κ2) is 14.7. The fraction of sp³-hybridized carbons (Fsp3) is 0.559. The number of esters is 1.